The van der Waals surface area contributed by atoms with Gasteiger partial charge < -0.3 is 14.2 Å². The van der Waals surface area contributed by atoms with Crippen molar-refractivity contribution in [3.05, 3.63) is 158 Å². The molecule has 4 aromatic carbocycles. The van der Waals surface area contributed by atoms with Crippen LogP contribution in [-0.2, 0) is 16.1 Å². The average Bonchev–Trinajstić information content (AvgIpc) is 3.44. The molecule has 5 aromatic rings. The normalized spacial score (nSPS) is 14.2. The number of carbonyl (C=O) groups excluding carboxylic acids is 1. The van der Waals surface area contributed by atoms with Gasteiger partial charge in [-0.1, -0.05) is 79.8 Å². The van der Waals surface area contributed by atoms with Gasteiger partial charge >= 0.3 is 5.97 Å². The summed E-state index contributed by atoms with van der Waals surface area (Å²) in [5, 5.41) is 11.0. The monoisotopic (exact) mass is 815 g/mol. The highest BCUT2D eigenvalue weighted by Gasteiger charge is 2.35. The third-order valence-corrected chi connectivity index (χ3v) is 10.2. The Morgan fingerprint density at radius 2 is 1.76 bits per heavy atom. The van der Waals surface area contributed by atoms with Gasteiger partial charge in [0.25, 0.3) is 11.2 Å². The molecule has 0 radical (unpaired) electrons. The molecule has 0 spiro atoms. The van der Waals surface area contributed by atoms with Gasteiger partial charge in [0.05, 0.1) is 44.1 Å². The molecule has 0 fully saturated rings. The number of hydrogen-bond acceptors (Lipinski definition) is 9. The predicted octanol–water partition coefficient (Wildman–Crippen LogP) is 7.16. The van der Waals surface area contributed by atoms with E-state index in [1.165, 1.54) is 30.6 Å². The number of halogens is 1. The van der Waals surface area contributed by atoms with Crippen molar-refractivity contribution < 1.29 is 23.9 Å². The maximum absolute atomic E-state index is 14.4. The number of non-ortho nitro benzene ring substituents is 1. The Bertz CT molecular complexity index is 2310. The molecule has 0 N–H and O–H groups in total. The smallest absolute Gasteiger partial charge is 0.338 e. The molecular formula is C39H34IN3O7S. The largest absolute Gasteiger partial charge is 0.493 e. The summed E-state index contributed by atoms with van der Waals surface area (Å²) in [7, 11) is 1.54. The molecule has 0 saturated carbocycles. The van der Waals surface area contributed by atoms with Gasteiger partial charge in [-0.25, -0.2) is 9.79 Å². The molecule has 10 nitrogen and oxygen atoms in total. The van der Waals surface area contributed by atoms with E-state index in [-0.39, 0.29) is 24.5 Å². The summed E-state index contributed by atoms with van der Waals surface area (Å²) in [6, 6.07) is 26.5. The van der Waals surface area contributed by atoms with Gasteiger partial charge in [-0.2, -0.15) is 0 Å². The molecule has 0 aliphatic carbocycles. The molecule has 6 rings (SSSR count). The number of aromatic nitrogens is 1. The van der Waals surface area contributed by atoms with Crippen LogP contribution in [-0.4, -0.2) is 29.2 Å². The zero-order valence-electron chi connectivity index (χ0n) is 28.3. The Balaban J connectivity index is 1.46. The first-order valence-electron chi connectivity index (χ1n) is 16.2. The molecule has 0 saturated heterocycles. The molecule has 51 heavy (non-hydrogen) atoms. The molecule has 260 valence electrons. The summed E-state index contributed by atoms with van der Waals surface area (Å²) in [5.74, 6) is 0.740. The van der Waals surface area contributed by atoms with Crippen LogP contribution in [0.2, 0.25) is 0 Å². The van der Waals surface area contributed by atoms with E-state index in [1.807, 2.05) is 60.7 Å². The third-order valence-electron chi connectivity index (χ3n) is 8.37. The SMILES string of the molecule is CCOC(=O)C1=C(c2ccccc2)N=c2s/c(=C\c3cc(I)c(OCc4ccc([N+](=O)[O-])cc4)c(OC)c3)c(=O)n2[C@H]1c1ccc(C(C)C)cc1. The zero-order valence-corrected chi connectivity index (χ0v) is 31.3. The fraction of sp³-hybridized carbons (Fsp3) is 0.205. The van der Waals surface area contributed by atoms with Crippen molar-refractivity contribution in [1.82, 2.24) is 4.57 Å². The van der Waals surface area contributed by atoms with Crippen LogP contribution in [0.15, 0.2) is 106 Å². The first-order valence-corrected chi connectivity index (χ1v) is 18.1. The number of thiazole rings is 1. The molecule has 1 aliphatic rings. The minimum Gasteiger partial charge on any atom is -0.493 e. The van der Waals surface area contributed by atoms with Gasteiger partial charge in [0, 0.05) is 17.7 Å². The van der Waals surface area contributed by atoms with Gasteiger partial charge in [-0.05, 0) is 88.0 Å². The number of benzene rings is 4. The zero-order chi connectivity index (χ0) is 36.2. The third kappa shape index (κ3) is 7.52. The average molecular weight is 816 g/mol. The molecule has 0 unspecified atom stereocenters. The second-order valence-electron chi connectivity index (χ2n) is 12.0. The number of ether oxygens (including phenoxy) is 3. The number of rotatable bonds is 11. The number of nitrogens with zero attached hydrogens (tertiary/aromatic N) is 3. The van der Waals surface area contributed by atoms with Crippen LogP contribution < -0.4 is 24.4 Å². The molecule has 2 heterocycles. The minimum atomic E-state index is -0.774. The van der Waals surface area contributed by atoms with Crippen molar-refractivity contribution in [2.45, 2.75) is 39.3 Å². The van der Waals surface area contributed by atoms with Crippen LogP contribution >= 0.6 is 33.9 Å². The first kappa shape index (κ1) is 35.7. The number of nitro benzene ring substituents is 1. The molecule has 1 aliphatic heterocycles. The van der Waals surface area contributed by atoms with Gasteiger partial charge in [0.15, 0.2) is 16.3 Å². The van der Waals surface area contributed by atoms with E-state index in [0.717, 1.165) is 25.8 Å². The predicted molar refractivity (Wildman–Crippen MR) is 205 cm³/mol. The van der Waals surface area contributed by atoms with Crippen LogP contribution in [0.3, 0.4) is 0 Å². The van der Waals surface area contributed by atoms with Crippen molar-refractivity contribution in [3.63, 3.8) is 0 Å². The standard InChI is InChI=1S/C39H34IN3O7S/c1-5-49-38(45)33-34(27-9-7-6-8-10-27)41-39-42(35(33)28-15-13-26(14-16-28)23(2)3)37(44)32(51-39)21-25-19-30(40)36(31(20-25)48-4)50-22-24-11-17-29(18-12-24)43(46)47/h6-21,23,35H,5,22H2,1-4H3/b32-21-/t35-/m0/s1. The molecule has 1 aromatic heterocycles. The van der Waals surface area contributed by atoms with E-state index >= 15 is 0 Å². The molecule has 0 bridgehead atoms. The molecular weight excluding hydrogens is 781 g/mol. The second-order valence-corrected chi connectivity index (χ2v) is 14.2. The number of fused-ring (bicyclic) bond motifs is 1. The number of hydrogen-bond donors (Lipinski definition) is 0. The highest BCUT2D eigenvalue weighted by Crippen LogP contribution is 2.37. The van der Waals surface area contributed by atoms with Crippen molar-refractivity contribution in [2.24, 2.45) is 4.99 Å². The molecule has 0 amide bonds. The molecule has 1 atom stereocenters. The van der Waals surface area contributed by atoms with E-state index < -0.39 is 16.9 Å². The van der Waals surface area contributed by atoms with Crippen LogP contribution in [0.25, 0.3) is 11.8 Å². The highest BCUT2D eigenvalue weighted by molar-refractivity contribution is 14.1. The van der Waals surface area contributed by atoms with Crippen LogP contribution in [0.5, 0.6) is 11.5 Å². The summed E-state index contributed by atoms with van der Waals surface area (Å²) in [6.07, 6.45) is 1.78. The minimum absolute atomic E-state index is 0.00399. The Morgan fingerprint density at radius 3 is 2.39 bits per heavy atom. The van der Waals surface area contributed by atoms with Crippen molar-refractivity contribution in [1.29, 1.82) is 0 Å². The fourth-order valence-electron chi connectivity index (χ4n) is 5.80. The summed E-state index contributed by atoms with van der Waals surface area (Å²) in [5.41, 5.74) is 4.58. The maximum atomic E-state index is 14.4. The topological polar surface area (TPSA) is 122 Å². The van der Waals surface area contributed by atoms with Gasteiger partial charge in [-0.3, -0.25) is 19.5 Å². The van der Waals surface area contributed by atoms with E-state index in [4.69, 9.17) is 19.2 Å². The van der Waals surface area contributed by atoms with E-state index in [1.54, 1.807) is 35.8 Å². The lowest BCUT2D eigenvalue weighted by atomic mass is 9.91. The van der Waals surface area contributed by atoms with Crippen LogP contribution in [0.1, 0.15) is 60.5 Å². The Hall–Kier alpha value is -5.08. The van der Waals surface area contributed by atoms with Crippen molar-refractivity contribution >= 4 is 57.4 Å². The van der Waals surface area contributed by atoms with Gasteiger partial charge in [0.2, 0.25) is 0 Å². The summed E-state index contributed by atoms with van der Waals surface area (Å²) >= 11 is 3.40. The van der Waals surface area contributed by atoms with Crippen molar-refractivity contribution in [3.8, 4) is 11.5 Å². The Morgan fingerprint density at radius 1 is 1.06 bits per heavy atom. The number of esters is 1. The second kappa shape index (κ2) is 15.4. The first-order chi connectivity index (χ1) is 24.6. The highest BCUT2D eigenvalue weighted by atomic mass is 127. The van der Waals surface area contributed by atoms with E-state index in [2.05, 4.69) is 36.4 Å². The summed E-state index contributed by atoms with van der Waals surface area (Å²) in [6.45, 7) is 6.32. The van der Waals surface area contributed by atoms with Crippen LogP contribution in [0, 0.1) is 13.7 Å². The number of methoxy groups -OCH3 is 1. The number of nitro groups is 1. The molecule has 12 heteroatoms. The quantitative estimate of drug-likeness (QED) is 0.0601. The summed E-state index contributed by atoms with van der Waals surface area (Å²) in [4.78, 5) is 44.1. The number of carbonyl (C=O) groups is 1. The Labute approximate surface area is 311 Å². The van der Waals surface area contributed by atoms with Crippen LogP contribution in [0.4, 0.5) is 5.69 Å². The van der Waals surface area contributed by atoms with Gasteiger partial charge in [-0.15, -0.1) is 0 Å². The van der Waals surface area contributed by atoms with Crippen molar-refractivity contribution in [2.75, 3.05) is 13.7 Å². The lowest BCUT2D eigenvalue weighted by Crippen LogP contribution is -2.40. The van der Waals surface area contributed by atoms with E-state index in [0.29, 0.717) is 43.6 Å². The summed E-state index contributed by atoms with van der Waals surface area (Å²) < 4.78 is 20.1. The lowest BCUT2D eigenvalue weighted by molar-refractivity contribution is -0.384. The maximum Gasteiger partial charge on any atom is 0.338 e. The van der Waals surface area contributed by atoms with Gasteiger partial charge in [0.1, 0.15) is 6.61 Å². The lowest BCUT2D eigenvalue weighted by Gasteiger charge is -2.26. The Kier molecular flexibility index (Phi) is 10.8. The fourth-order valence-corrected chi connectivity index (χ4v) is 7.58. The van der Waals surface area contributed by atoms with E-state index in [9.17, 15) is 19.7 Å².